The van der Waals surface area contributed by atoms with Crippen LogP contribution in [0.1, 0.15) is 19.8 Å². The van der Waals surface area contributed by atoms with Crippen LogP contribution in [-0.2, 0) is 0 Å². The SMILES string of the molecule is CC(N)C1CCCN(CCOc2ccccc2)C1.Cl. The van der Waals surface area contributed by atoms with Gasteiger partial charge in [-0.3, -0.25) is 4.90 Å². The van der Waals surface area contributed by atoms with Gasteiger partial charge in [0.15, 0.2) is 0 Å². The van der Waals surface area contributed by atoms with Crippen LogP contribution in [0.25, 0.3) is 0 Å². The lowest BCUT2D eigenvalue weighted by Crippen LogP contribution is -2.43. The van der Waals surface area contributed by atoms with Crippen molar-refractivity contribution in [1.29, 1.82) is 0 Å². The molecule has 2 atom stereocenters. The van der Waals surface area contributed by atoms with Crippen molar-refractivity contribution in [3.05, 3.63) is 30.3 Å². The first-order valence-electron chi connectivity index (χ1n) is 6.91. The maximum absolute atomic E-state index is 5.99. The molecule has 0 saturated carbocycles. The predicted molar refractivity (Wildman–Crippen MR) is 82.0 cm³/mol. The molecule has 2 unspecified atom stereocenters. The van der Waals surface area contributed by atoms with Crippen molar-refractivity contribution >= 4 is 12.4 Å². The van der Waals surface area contributed by atoms with Crippen molar-refractivity contribution in [2.75, 3.05) is 26.2 Å². The van der Waals surface area contributed by atoms with Gasteiger partial charge in [0, 0.05) is 19.1 Å². The van der Waals surface area contributed by atoms with Gasteiger partial charge in [0.05, 0.1) is 0 Å². The van der Waals surface area contributed by atoms with E-state index in [0.717, 1.165) is 25.4 Å². The Balaban J connectivity index is 0.00000180. The zero-order valence-corrected chi connectivity index (χ0v) is 12.4. The summed E-state index contributed by atoms with van der Waals surface area (Å²) in [6.45, 7) is 6.18. The first kappa shape index (κ1) is 16.3. The van der Waals surface area contributed by atoms with Crippen molar-refractivity contribution < 1.29 is 4.74 Å². The molecule has 1 heterocycles. The Kier molecular flexibility index (Phi) is 7.21. The zero-order chi connectivity index (χ0) is 12.8. The molecule has 0 bridgehead atoms. The molecule has 0 spiro atoms. The summed E-state index contributed by atoms with van der Waals surface area (Å²) in [4.78, 5) is 2.47. The number of nitrogens with two attached hydrogens (primary N) is 1. The van der Waals surface area contributed by atoms with Crippen molar-refractivity contribution in [3.8, 4) is 5.75 Å². The van der Waals surface area contributed by atoms with Gasteiger partial charge < -0.3 is 10.5 Å². The number of rotatable bonds is 5. The summed E-state index contributed by atoms with van der Waals surface area (Å²) in [7, 11) is 0. The van der Waals surface area contributed by atoms with Crippen LogP contribution < -0.4 is 10.5 Å². The molecule has 1 saturated heterocycles. The number of benzene rings is 1. The lowest BCUT2D eigenvalue weighted by molar-refractivity contribution is 0.137. The van der Waals surface area contributed by atoms with E-state index in [-0.39, 0.29) is 12.4 Å². The van der Waals surface area contributed by atoms with Crippen LogP contribution in [0.4, 0.5) is 0 Å². The number of ether oxygens (including phenoxy) is 1. The quantitative estimate of drug-likeness (QED) is 0.903. The molecule has 1 aromatic rings. The molecule has 3 nitrogen and oxygen atoms in total. The van der Waals surface area contributed by atoms with Crippen LogP contribution in [0.15, 0.2) is 30.3 Å². The number of nitrogens with zero attached hydrogens (tertiary/aromatic N) is 1. The zero-order valence-electron chi connectivity index (χ0n) is 11.6. The molecule has 4 heteroatoms. The molecular formula is C15H25ClN2O. The fourth-order valence-corrected chi connectivity index (χ4v) is 2.53. The third kappa shape index (κ3) is 5.39. The van der Waals surface area contributed by atoms with E-state index in [1.54, 1.807) is 0 Å². The molecule has 1 fully saturated rings. The van der Waals surface area contributed by atoms with Crippen LogP contribution in [-0.4, -0.2) is 37.2 Å². The first-order valence-corrected chi connectivity index (χ1v) is 6.91. The normalized spacial score (nSPS) is 21.5. The third-order valence-electron chi connectivity index (χ3n) is 3.70. The molecule has 1 aliphatic heterocycles. The maximum Gasteiger partial charge on any atom is 0.119 e. The molecule has 2 N–H and O–H groups in total. The minimum Gasteiger partial charge on any atom is -0.492 e. The summed E-state index contributed by atoms with van der Waals surface area (Å²) in [5, 5.41) is 0. The lowest BCUT2D eigenvalue weighted by atomic mass is 9.92. The van der Waals surface area contributed by atoms with Crippen molar-refractivity contribution in [2.24, 2.45) is 11.7 Å². The number of likely N-dealkylation sites (tertiary alicyclic amines) is 1. The fraction of sp³-hybridized carbons (Fsp3) is 0.600. The summed E-state index contributed by atoms with van der Waals surface area (Å²) in [6.07, 6.45) is 2.53. The minimum atomic E-state index is 0. The van der Waals surface area contributed by atoms with E-state index in [9.17, 15) is 0 Å². The number of hydrogen-bond donors (Lipinski definition) is 1. The van der Waals surface area contributed by atoms with Gasteiger partial charge in [0.1, 0.15) is 12.4 Å². The fourth-order valence-electron chi connectivity index (χ4n) is 2.53. The van der Waals surface area contributed by atoms with Gasteiger partial charge in [-0.1, -0.05) is 18.2 Å². The Labute approximate surface area is 122 Å². The van der Waals surface area contributed by atoms with Gasteiger partial charge >= 0.3 is 0 Å². The van der Waals surface area contributed by atoms with E-state index < -0.39 is 0 Å². The van der Waals surface area contributed by atoms with Gasteiger partial charge in [0.2, 0.25) is 0 Å². The number of piperidine rings is 1. The van der Waals surface area contributed by atoms with Gasteiger partial charge in [-0.2, -0.15) is 0 Å². The Morgan fingerprint density at radius 1 is 1.37 bits per heavy atom. The standard InChI is InChI=1S/C15H24N2O.ClH/c1-13(16)14-6-5-9-17(12-14)10-11-18-15-7-3-2-4-8-15;/h2-4,7-8,13-14H,5-6,9-12,16H2,1H3;1H. The summed E-state index contributed by atoms with van der Waals surface area (Å²) < 4.78 is 5.73. The highest BCUT2D eigenvalue weighted by molar-refractivity contribution is 5.85. The second kappa shape index (κ2) is 8.41. The summed E-state index contributed by atoms with van der Waals surface area (Å²) in [5.41, 5.74) is 5.99. The Morgan fingerprint density at radius 2 is 2.11 bits per heavy atom. The second-order valence-electron chi connectivity index (χ2n) is 5.22. The molecule has 1 aromatic carbocycles. The van der Waals surface area contributed by atoms with Crippen LogP contribution in [0.3, 0.4) is 0 Å². The average molecular weight is 285 g/mol. The predicted octanol–water partition coefficient (Wildman–Crippen LogP) is 2.55. The van der Waals surface area contributed by atoms with Gasteiger partial charge in [0.25, 0.3) is 0 Å². The highest BCUT2D eigenvalue weighted by atomic mass is 35.5. The molecule has 0 aromatic heterocycles. The maximum atomic E-state index is 5.99. The topological polar surface area (TPSA) is 38.5 Å². The third-order valence-corrected chi connectivity index (χ3v) is 3.70. The molecule has 0 amide bonds. The van der Waals surface area contributed by atoms with Gasteiger partial charge in [-0.15, -0.1) is 12.4 Å². The highest BCUT2D eigenvalue weighted by Crippen LogP contribution is 2.18. The minimum absolute atomic E-state index is 0. The Morgan fingerprint density at radius 3 is 2.79 bits per heavy atom. The van der Waals surface area contributed by atoms with E-state index in [1.165, 1.54) is 19.4 Å². The summed E-state index contributed by atoms with van der Waals surface area (Å²) >= 11 is 0. The molecule has 0 radical (unpaired) electrons. The summed E-state index contributed by atoms with van der Waals surface area (Å²) in [5.74, 6) is 1.61. The Bertz CT molecular complexity index is 345. The average Bonchev–Trinajstić information content (AvgIpc) is 2.40. The summed E-state index contributed by atoms with van der Waals surface area (Å²) in [6, 6.07) is 10.3. The van der Waals surface area contributed by atoms with Crippen molar-refractivity contribution in [1.82, 2.24) is 4.90 Å². The van der Waals surface area contributed by atoms with Crippen LogP contribution in [0, 0.1) is 5.92 Å². The van der Waals surface area contributed by atoms with E-state index in [1.807, 2.05) is 30.3 Å². The molecule has 0 aliphatic carbocycles. The van der Waals surface area contributed by atoms with Gasteiger partial charge in [-0.05, 0) is 44.4 Å². The molecule has 108 valence electrons. The number of halogens is 1. The van der Waals surface area contributed by atoms with Crippen LogP contribution in [0.2, 0.25) is 0 Å². The van der Waals surface area contributed by atoms with Gasteiger partial charge in [-0.25, -0.2) is 0 Å². The van der Waals surface area contributed by atoms with Crippen LogP contribution >= 0.6 is 12.4 Å². The molecular weight excluding hydrogens is 260 g/mol. The van der Waals surface area contributed by atoms with E-state index in [4.69, 9.17) is 10.5 Å². The van der Waals surface area contributed by atoms with Crippen molar-refractivity contribution in [3.63, 3.8) is 0 Å². The number of hydrogen-bond acceptors (Lipinski definition) is 3. The van der Waals surface area contributed by atoms with E-state index in [2.05, 4.69) is 11.8 Å². The lowest BCUT2D eigenvalue weighted by Gasteiger charge is -2.34. The molecule has 1 aliphatic rings. The van der Waals surface area contributed by atoms with Crippen molar-refractivity contribution in [2.45, 2.75) is 25.8 Å². The molecule has 19 heavy (non-hydrogen) atoms. The smallest absolute Gasteiger partial charge is 0.119 e. The van der Waals surface area contributed by atoms with Crippen LogP contribution in [0.5, 0.6) is 5.75 Å². The number of para-hydroxylation sites is 1. The molecule has 2 rings (SSSR count). The largest absolute Gasteiger partial charge is 0.492 e. The van der Waals surface area contributed by atoms with E-state index in [0.29, 0.717) is 12.0 Å². The monoisotopic (exact) mass is 284 g/mol. The first-order chi connectivity index (χ1) is 8.75. The highest BCUT2D eigenvalue weighted by Gasteiger charge is 2.22. The Hall–Kier alpha value is -0.770. The second-order valence-corrected chi connectivity index (χ2v) is 5.22. The van der Waals surface area contributed by atoms with E-state index >= 15 is 0 Å².